The first-order valence-corrected chi connectivity index (χ1v) is 11.6. The maximum Gasteiger partial charge on any atom is 0.150 e. The molecule has 0 bridgehead atoms. The van der Waals surface area contributed by atoms with Crippen molar-refractivity contribution in [3.8, 4) is 0 Å². The predicted molar refractivity (Wildman–Crippen MR) is 132 cm³/mol. The number of carbonyl (C=O) groups excluding carboxylic acids is 1. The van der Waals surface area contributed by atoms with Crippen molar-refractivity contribution in [2.24, 2.45) is 5.92 Å². The number of nitrogens with zero attached hydrogens (tertiary/aromatic N) is 3. The molecule has 0 unspecified atom stereocenters. The second-order valence-corrected chi connectivity index (χ2v) is 9.56. The zero-order valence-electron chi connectivity index (χ0n) is 20.3. The van der Waals surface area contributed by atoms with E-state index in [0.717, 1.165) is 50.8 Å². The van der Waals surface area contributed by atoms with Crippen LogP contribution in [0, 0.1) is 5.92 Å². The fraction of sp³-hybridized carbons (Fsp3) is 0.481. The number of rotatable bonds is 7. The fourth-order valence-corrected chi connectivity index (χ4v) is 4.55. The zero-order chi connectivity index (χ0) is 23.8. The lowest BCUT2D eigenvalue weighted by Gasteiger charge is -2.34. The second kappa shape index (κ2) is 11.5. The zero-order valence-corrected chi connectivity index (χ0v) is 20.3. The summed E-state index contributed by atoms with van der Waals surface area (Å²) in [6, 6.07) is 11.9. The van der Waals surface area contributed by atoms with Gasteiger partial charge in [-0.05, 0) is 75.4 Å². The van der Waals surface area contributed by atoms with Gasteiger partial charge >= 0.3 is 0 Å². The Labute approximate surface area is 196 Å². The van der Waals surface area contributed by atoms with E-state index in [1.807, 2.05) is 36.5 Å². The number of carbonyl (C=O) groups is 1. The van der Waals surface area contributed by atoms with Crippen LogP contribution >= 0.6 is 0 Å². The normalized spacial score (nSPS) is 15.3. The Hall–Kier alpha value is -2.57. The standard InChI is InChI=1S/C25H30FN3O.C2H6O/c1-25(2,26)18-28-12-9-20(10-13-28)15-29-16-22(23-4-3-11-27-24(23)29)14-19-5-7-21(17-30)8-6-19;1-3-2/h3-8,11,16-17,20H,9-10,12-15,18H2,1-2H3;1-2H3. The van der Waals surface area contributed by atoms with Crippen LogP contribution in [0.25, 0.3) is 11.0 Å². The van der Waals surface area contributed by atoms with E-state index in [1.54, 1.807) is 28.1 Å². The first-order chi connectivity index (χ1) is 15.8. The van der Waals surface area contributed by atoms with Crippen LogP contribution in [0.4, 0.5) is 4.39 Å². The molecular formula is C27H36FN3O2. The van der Waals surface area contributed by atoms with Gasteiger partial charge in [0.05, 0.1) is 0 Å². The highest BCUT2D eigenvalue weighted by Crippen LogP contribution is 2.27. The SMILES string of the molecule is CC(C)(F)CN1CCC(Cn2cc(Cc3ccc(C=O)cc3)c3cccnc32)CC1.COC. The molecule has 0 spiro atoms. The van der Waals surface area contributed by atoms with Crippen molar-refractivity contribution in [1.29, 1.82) is 0 Å². The Kier molecular flexibility index (Phi) is 8.75. The van der Waals surface area contributed by atoms with E-state index >= 15 is 0 Å². The molecule has 4 rings (SSSR count). The number of methoxy groups -OCH3 is 1. The van der Waals surface area contributed by atoms with Gasteiger partial charge in [0.15, 0.2) is 0 Å². The minimum Gasteiger partial charge on any atom is -0.388 e. The van der Waals surface area contributed by atoms with Gasteiger partial charge in [-0.1, -0.05) is 24.3 Å². The van der Waals surface area contributed by atoms with Crippen LogP contribution in [-0.4, -0.2) is 60.3 Å². The molecule has 0 N–H and O–H groups in total. The molecule has 0 saturated carbocycles. The number of aromatic nitrogens is 2. The molecule has 2 aromatic heterocycles. The Morgan fingerprint density at radius 2 is 1.82 bits per heavy atom. The highest BCUT2D eigenvalue weighted by molar-refractivity contribution is 5.81. The molecule has 5 nitrogen and oxygen atoms in total. The van der Waals surface area contributed by atoms with Crippen molar-refractivity contribution in [2.75, 3.05) is 33.9 Å². The molecule has 1 aliphatic heterocycles. The molecule has 6 heteroatoms. The van der Waals surface area contributed by atoms with E-state index in [-0.39, 0.29) is 0 Å². The highest BCUT2D eigenvalue weighted by atomic mass is 19.1. The molecule has 3 aromatic rings. The van der Waals surface area contributed by atoms with Gasteiger partial charge in [-0.3, -0.25) is 4.79 Å². The number of pyridine rings is 1. The van der Waals surface area contributed by atoms with E-state index in [0.29, 0.717) is 18.0 Å². The molecule has 178 valence electrons. The summed E-state index contributed by atoms with van der Waals surface area (Å²) in [6.45, 7) is 6.70. The van der Waals surface area contributed by atoms with Gasteiger partial charge in [0.1, 0.15) is 17.6 Å². The van der Waals surface area contributed by atoms with E-state index in [1.165, 1.54) is 16.5 Å². The van der Waals surface area contributed by atoms with Gasteiger partial charge < -0.3 is 14.2 Å². The molecule has 0 aliphatic carbocycles. The van der Waals surface area contributed by atoms with E-state index in [4.69, 9.17) is 0 Å². The Morgan fingerprint density at radius 3 is 2.42 bits per heavy atom. The first-order valence-electron chi connectivity index (χ1n) is 11.6. The Bertz CT molecular complexity index is 1020. The molecule has 0 amide bonds. The number of hydrogen-bond acceptors (Lipinski definition) is 4. The average molecular weight is 454 g/mol. The highest BCUT2D eigenvalue weighted by Gasteiger charge is 2.25. The lowest BCUT2D eigenvalue weighted by molar-refractivity contribution is 0.0927. The second-order valence-electron chi connectivity index (χ2n) is 9.56. The molecule has 0 atom stereocenters. The van der Waals surface area contributed by atoms with Gasteiger partial charge in [-0.15, -0.1) is 0 Å². The van der Waals surface area contributed by atoms with Crippen LogP contribution in [-0.2, 0) is 17.7 Å². The number of piperidine rings is 1. The third kappa shape index (κ3) is 7.21. The number of ether oxygens (including phenoxy) is 1. The summed E-state index contributed by atoms with van der Waals surface area (Å²) in [4.78, 5) is 17.8. The maximum absolute atomic E-state index is 13.9. The predicted octanol–water partition coefficient (Wildman–Crippen LogP) is 5.16. The number of fused-ring (bicyclic) bond motifs is 1. The number of halogens is 1. The lowest BCUT2D eigenvalue weighted by atomic mass is 9.96. The summed E-state index contributed by atoms with van der Waals surface area (Å²) in [5.41, 5.74) is 3.04. The fourth-order valence-electron chi connectivity index (χ4n) is 4.55. The van der Waals surface area contributed by atoms with Crippen LogP contribution in [0.15, 0.2) is 48.8 Å². The summed E-state index contributed by atoms with van der Waals surface area (Å²) < 4.78 is 20.5. The number of alkyl halides is 1. The molecule has 3 heterocycles. The smallest absolute Gasteiger partial charge is 0.150 e. The average Bonchev–Trinajstić information content (AvgIpc) is 3.12. The summed E-state index contributed by atoms with van der Waals surface area (Å²) in [5, 5.41) is 1.19. The number of likely N-dealkylation sites (tertiary alicyclic amines) is 1. The first kappa shape index (κ1) is 25.1. The number of hydrogen-bond donors (Lipinski definition) is 0. The Morgan fingerprint density at radius 1 is 1.15 bits per heavy atom. The summed E-state index contributed by atoms with van der Waals surface area (Å²) >= 11 is 0. The summed E-state index contributed by atoms with van der Waals surface area (Å²) in [6.07, 6.45) is 7.96. The third-order valence-corrected chi connectivity index (χ3v) is 5.99. The van der Waals surface area contributed by atoms with Crippen LogP contribution in [0.3, 0.4) is 0 Å². The van der Waals surface area contributed by atoms with Crippen molar-refractivity contribution in [2.45, 2.75) is 45.3 Å². The van der Waals surface area contributed by atoms with Crippen molar-refractivity contribution in [1.82, 2.24) is 14.5 Å². The van der Waals surface area contributed by atoms with Gasteiger partial charge in [0.25, 0.3) is 0 Å². The Balaban J connectivity index is 0.000000968. The van der Waals surface area contributed by atoms with Crippen LogP contribution in [0.1, 0.15) is 48.2 Å². The third-order valence-electron chi connectivity index (χ3n) is 5.99. The van der Waals surface area contributed by atoms with Gasteiger partial charge in [-0.25, -0.2) is 9.37 Å². The molecule has 33 heavy (non-hydrogen) atoms. The molecule has 1 saturated heterocycles. The lowest BCUT2D eigenvalue weighted by Crippen LogP contribution is -2.41. The minimum absolute atomic E-state index is 0.515. The van der Waals surface area contributed by atoms with Gasteiger partial charge in [-0.2, -0.15) is 0 Å². The van der Waals surface area contributed by atoms with Crippen LogP contribution in [0.2, 0.25) is 0 Å². The molecule has 0 radical (unpaired) electrons. The molecular weight excluding hydrogens is 417 g/mol. The van der Waals surface area contributed by atoms with Crippen molar-refractivity contribution in [3.05, 3.63) is 65.5 Å². The molecule has 1 aromatic carbocycles. The quantitative estimate of drug-likeness (QED) is 0.464. The molecule has 1 aliphatic rings. The summed E-state index contributed by atoms with van der Waals surface area (Å²) in [7, 11) is 3.25. The molecule has 1 fully saturated rings. The van der Waals surface area contributed by atoms with Crippen LogP contribution in [0.5, 0.6) is 0 Å². The van der Waals surface area contributed by atoms with Crippen molar-refractivity contribution in [3.63, 3.8) is 0 Å². The minimum atomic E-state index is -1.13. The number of aldehydes is 1. The van der Waals surface area contributed by atoms with Crippen molar-refractivity contribution < 1.29 is 13.9 Å². The van der Waals surface area contributed by atoms with E-state index in [9.17, 15) is 9.18 Å². The van der Waals surface area contributed by atoms with Crippen LogP contribution < -0.4 is 0 Å². The van der Waals surface area contributed by atoms with E-state index in [2.05, 4.69) is 31.5 Å². The van der Waals surface area contributed by atoms with Gasteiger partial charge in [0.2, 0.25) is 0 Å². The van der Waals surface area contributed by atoms with E-state index < -0.39 is 5.67 Å². The largest absolute Gasteiger partial charge is 0.388 e. The topological polar surface area (TPSA) is 47.4 Å². The van der Waals surface area contributed by atoms with Crippen molar-refractivity contribution >= 4 is 17.3 Å². The summed E-state index contributed by atoms with van der Waals surface area (Å²) in [5.74, 6) is 0.585. The maximum atomic E-state index is 13.9. The van der Waals surface area contributed by atoms with Gasteiger partial charge in [0, 0.05) is 50.7 Å². The monoisotopic (exact) mass is 453 g/mol. The number of benzene rings is 1.